The first kappa shape index (κ1) is 17.9. The van der Waals surface area contributed by atoms with E-state index in [9.17, 15) is 18.0 Å². The van der Waals surface area contributed by atoms with Crippen molar-refractivity contribution < 1.29 is 18.0 Å². The van der Waals surface area contributed by atoms with Crippen LogP contribution in [0, 0.1) is 6.92 Å². The number of sulfonamides is 1. The molecular formula is C20H15N3O4S. The number of aromatic nitrogens is 1. The summed E-state index contributed by atoms with van der Waals surface area (Å²) in [6, 6.07) is 15.6. The number of fused-ring (bicyclic) bond motifs is 1. The zero-order valence-electron chi connectivity index (χ0n) is 14.8. The zero-order chi connectivity index (χ0) is 19.9. The molecule has 0 atom stereocenters. The quantitative estimate of drug-likeness (QED) is 0.688. The molecule has 4 rings (SSSR count). The molecule has 3 aromatic rings. The minimum absolute atomic E-state index is 0.108. The van der Waals surface area contributed by atoms with Gasteiger partial charge < -0.3 is 0 Å². The molecular weight excluding hydrogens is 378 g/mol. The molecule has 0 saturated heterocycles. The minimum atomic E-state index is -3.73. The fourth-order valence-corrected chi connectivity index (χ4v) is 3.97. The highest BCUT2D eigenvalue weighted by atomic mass is 32.2. The fourth-order valence-electron chi connectivity index (χ4n) is 2.91. The second-order valence-corrected chi connectivity index (χ2v) is 7.99. The van der Waals surface area contributed by atoms with Gasteiger partial charge in [-0.25, -0.2) is 13.3 Å². The Morgan fingerprint density at radius 2 is 1.57 bits per heavy atom. The molecule has 2 aromatic carbocycles. The summed E-state index contributed by atoms with van der Waals surface area (Å²) < 4.78 is 27.4. The average molecular weight is 393 g/mol. The highest BCUT2D eigenvalue weighted by Crippen LogP contribution is 2.28. The molecule has 2 heterocycles. The lowest BCUT2D eigenvalue weighted by Crippen LogP contribution is -2.29. The van der Waals surface area contributed by atoms with Gasteiger partial charge >= 0.3 is 0 Å². The Morgan fingerprint density at radius 3 is 2.21 bits per heavy atom. The molecule has 1 N–H and O–H groups in total. The van der Waals surface area contributed by atoms with E-state index in [1.54, 1.807) is 24.3 Å². The Balaban J connectivity index is 1.58. The van der Waals surface area contributed by atoms with Gasteiger partial charge in [-0.05, 0) is 55.5 Å². The summed E-state index contributed by atoms with van der Waals surface area (Å²) in [6.45, 7) is 1.87. The molecule has 1 aromatic heterocycles. The Kier molecular flexibility index (Phi) is 4.20. The van der Waals surface area contributed by atoms with Crippen LogP contribution in [0.2, 0.25) is 0 Å². The van der Waals surface area contributed by atoms with E-state index in [2.05, 4.69) is 9.71 Å². The molecule has 140 valence electrons. The van der Waals surface area contributed by atoms with E-state index in [0.717, 1.165) is 10.5 Å². The van der Waals surface area contributed by atoms with E-state index >= 15 is 0 Å². The van der Waals surface area contributed by atoms with Gasteiger partial charge in [-0.3, -0.25) is 19.3 Å². The number of aryl methyl sites for hydroxylation is 1. The van der Waals surface area contributed by atoms with Crippen molar-refractivity contribution in [3.63, 3.8) is 0 Å². The minimum Gasteiger partial charge on any atom is -0.280 e. The number of hydrogen-bond donors (Lipinski definition) is 1. The molecule has 0 radical (unpaired) electrons. The van der Waals surface area contributed by atoms with Crippen LogP contribution in [0.3, 0.4) is 0 Å². The maximum Gasteiger partial charge on any atom is 0.284 e. The van der Waals surface area contributed by atoms with Crippen molar-refractivity contribution in [2.75, 3.05) is 9.62 Å². The number of carbonyl (C=O) groups excluding carboxylic acids is 2. The lowest BCUT2D eigenvalue weighted by Gasteiger charge is -2.14. The number of nitrogens with zero attached hydrogens (tertiary/aromatic N) is 2. The smallest absolute Gasteiger partial charge is 0.280 e. The highest BCUT2D eigenvalue weighted by molar-refractivity contribution is 7.92. The third kappa shape index (κ3) is 3.03. The van der Waals surface area contributed by atoms with E-state index < -0.39 is 21.8 Å². The van der Waals surface area contributed by atoms with Crippen LogP contribution in [0.1, 0.15) is 26.4 Å². The number of anilines is 2. The molecule has 1 aliphatic rings. The Morgan fingerprint density at radius 1 is 0.893 bits per heavy atom. The first-order chi connectivity index (χ1) is 13.4. The number of amides is 2. The Hall–Kier alpha value is -3.52. The van der Waals surface area contributed by atoms with Crippen LogP contribution in [0.25, 0.3) is 0 Å². The van der Waals surface area contributed by atoms with Gasteiger partial charge in [0, 0.05) is 11.9 Å². The number of carbonyl (C=O) groups is 2. The summed E-state index contributed by atoms with van der Waals surface area (Å²) in [6.07, 6.45) is 1.45. The van der Waals surface area contributed by atoms with Crippen molar-refractivity contribution in [1.29, 1.82) is 0 Å². The number of rotatable bonds is 4. The van der Waals surface area contributed by atoms with Gasteiger partial charge in [-0.15, -0.1) is 0 Å². The maximum absolute atomic E-state index is 12.5. The highest BCUT2D eigenvalue weighted by Gasteiger charge is 2.37. The van der Waals surface area contributed by atoms with Crippen molar-refractivity contribution in [1.82, 2.24) is 4.98 Å². The van der Waals surface area contributed by atoms with E-state index in [1.165, 1.54) is 42.6 Å². The monoisotopic (exact) mass is 393 g/mol. The number of nitrogens with one attached hydrogen (secondary N) is 1. The van der Waals surface area contributed by atoms with Crippen molar-refractivity contribution >= 4 is 33.2 Å². The van der Waals surface area contributed by atoms with E-state index in [-0.39, 0.29) is 16.2 Å². The molecule has 0 bridgehead atoms. The Labute approximate surface area is 161 Å². The summed E-state index contributed by atoms with van der Waals surface area (Å²) in [4.78, 5) is 30.1. The topological polar surface area (TPSA) is 96.4 Å². The van der Waals surface area contributed by atoms with Crippen molar-refractivity contribution in [2.24, 2.45) is 0 Å². The maximum atomic E-state index is 12.5. The number of benzene rings is 2. The number of pyridine rings is 1. The molecule has 0 aliphatic carbocycles. The second-order valence-electron chi connectivity index (χ2n) is 6.31. The van der Waals surface area contributed by atoms with Gasteiger partial charge in [0.15, 0.2) is 0 Å². The summed E-state index contributed by atoms with van der Waals surface area (Å²) >= 11 is 0. The summed E-state index contributed by atoms with van der Waals surface area (Å²) in [5, 5.41) is 0. The van der Waals surface area contributed by atoms with Gasteiger partial charge in [-0.2, -0.15) is 0 Å². The lowest BCUT2D eigenvalue weighted by atomic mass is 10.2. The van der Waals surface area contributed by atoms with Crippen LogP contribution in [-0.4, -0.2) is 25.2 Å². The molecule has 0 fully saturated rings. The van der Waals surface area contributed by atoms with Crippen LogP contribution in [0.15, 0.2) is 71.8 Å². The largest absolute Gasteiger partial charge is 0.284 e. The molecule has 0 saturated carbocycles. The number of imide groups is 1. The van der Waals surface area contributed by atoms with Crippen LogP contribution < -0.4 is 9.62 Å². The molecule has 0 unspecified atom stereocenters. The van der Waals surface area contributed by atoms with E-state index in [0.29, 0.717) is 11.4 Å². The van der Waals surface area contributed by atoms with Gasteiger partial charge in [0.05, 0.1) is 16.1 Å². The molecule has 1 aliphatic heterocycles. The second kappa shape index (κ2) is 6.58. The first-order valence-electron chi connectivity index (χ1n) is 8.40. The lowest BCUT2D eigenvalue weighted by molar-refractivity contribution is 0.0924. The summed E-state index contributed by atoms with van der Waals surface area (Å²) in [7, 11) is -3.73. The van der Waals surface area contributed by atoms with Crippen molar-refractivity contribution in [2.45, 2.75) is 11.8 Å². The van der Waals surface area contributed by atoms with Crippen LogP contribution in [0.4, 0.5) is 11.4 Å². The van der Waals surface area contributed by atoms with Gasteiger partial charge in [0.2, 0.25) is 0 Å². The van der Waals surface area contributed by atoms with Gasteiger partial charge in [0.1, 0.15) is 5.69 Å². The van der Waals surface area contributed by atoms with Gasteiger partial charge in [0.25, 0.3) is 21.8 Å². The molecule has 28 heavy (non-hydrogen) atoms. The molecule has 0 spiro atoms. The van der Waals surface area contributed by atoms with E-state index in [4.69, 9.17) is 0 Å². The molecule has 8 heteroatoms. The number of hydrogen-bond acceptors (Lipinski definition) is 5. The predicted molar refractivity (Wildman–Crippen MR) is 104 cm³/mol. The third-order valence-corrected chi connectivity index (χ3v) is 5.75. The first-order valence-corrected chi connectivity index (χ1v) is 9.88. The summed E-state index contributed by atoms with van der Waals surface area (Å²) in [5.41, 5.74) is 1.97. The SMILES string of the molecule is Cc1ccc(S(=O)(=O)Nc2ccc(N3C(=O)c4cccnc4C3=O)cc2)cc1. The molecule has 7 nitrogen and oxygen atoms in total. The fraction of sp³-hybridized carbons (Fsp3) is 0.0500. The summed E-state index contributed by atoms with van der Waals surface area (Å²) in [5.74, 6) is -0.963. The van der Waals surface area contributed by atoms with Crippen molar-refractivity contribution in [3.8, 4) is 0 Å². The average Bonchev–Trinajstić information content (AvgIpc) is 2.94. The van der Waals surface area contributed by atoms with Crippen LogP contribution in [-0.2, 0) is 10.0 Å². The zero-order valence-corrected chi connectivity index (χ0v) is 15.6. The Bertz CT molecular complexity index is 1150. The predicted octanol–water partition coefficient (Wildman–Crippen LogP) is 2.99. The van der Waals surface area contributed by atoms with Crippen LogP contribution in [0.5, 0.6) is 0 Å². The van der Waals surface area contributed by atoms with Crippen LogP contribution >= 0.6 is 0 Å². The molecule has 2 amide bonds. The van der Waals surface area contributed by atoms with Crippen molar-refractivity contribution in [3.05, 3.63) is 83.7 Å². The third-order valence-electron chi connectivity index (χ3n) is 4.36. The van der Waals surface area contributed by atoms with E-state index in [1.807, 2.05) is 6.92 Å². The normalized spacial score (nSPS) is 13.5. The van der Waals surface area contributed by atoms with Gasteiger partial charge in [-0.1, -0.05) is 17.7 Å². The standard InChI is InChI=1S/C20H15N3O4S/c1-13-4-10-16(11-5-13)28(26,27)22-14-6-8-15(9-7-14)23-19(24)17-3-2-12-21-18(17)20(23)25/h2-12,22H,1H3.